The second kappa shape index (κ2) is 7.57. The number of carbonyl (C=O) groups excluding carboxylic acids is 1. The molecule has 0 radical (unpaired) electrons. The van der Waals surface area contributed by atoms with Gasteiger partial charge in [-0.1, -0.05) is 24.3 Å². The minimum atomic E-state index is -0.161. The zero-order valence-electron chi connectivity index (χ0n) is 12.4. The molecule has 0 saturated carbocycles. The molecule has 1 aliphatic rings. The predicted octanol–water partition coefficient (Wildman–Crippen LogP) is 3.83. The van der Waals surface area contributed by atoms with Crippen LogP contribution in [0.1, 0.15) is 12.5 Å². The molecule has 2 heterocycles. The number of nitrogens with one attached hydrogen (secondary N) is 2. The highest BCUT2D eigenvalue weighted by atomic mass is 32.2. The van der Waals surface area contributed by atoms with Gasteiger partial charge in [-0.05, 0) is 24.1 Å². The molecule has 1 aromatic heterocycles. The van der Waals surface area contributed by atoms with E-state index in [0.717, 1.165) is 22.4 Å². The molecule has 1 aliphatic heterocycles. The second-order valence-electron chi connectivity index (χ2n) is 5.08. The van der Waals surface area contributed by atoms with Gasteiger partial charge in [-0.3, -0.25) is 5.32 Å². The molecule has 1 atom stereocenters. The summed E-state index contributed by atoms with van der Waals surface area (Å²) in [4.78, 5) is 16.4. The zero-order chi connectivity index (χ0) is 15.4. The number of aryl methyl sites for hydroxylation is 1. The second-order valence-corrected chi connectivity index (χ2v) is 8.67. The summed E-state index contributed by atoms with van der Waals surface area (Å²) in [6.45, 7) is 2.85. The molecule has 118 valence electrons. The molecule has 2 aromatic rings. The van der Waals surface area contributed by atoms with Crippen molar-refractivity contribution in [3.8, 4) is 0 Å². The van der Waals surface area contributed by atoms with Crippen LogP contribution >= 0.6 is 34.9 Å². The smallest absolute Gasteiger partial charge is 0.321 e. The van der Waals surface area contributed by atoms with Gasteiger partial charge in [0.05, 0.1) is 10.2 Å². The molecule has 22 heavy (non-hydrogen) atoms. The number of thiazole rings is 1. The number of amides is 2. The maximum absolute atomic E-state index is 12.0. The Kier molecular flexibility index (Phi) is 5.49. The third-order valence-corrected chi connectivity index (χ3v) is 7.24. The van der Waals surface area contributed by atoms with Gasteiger partial charge in [-0.2, -0.15) is 23.5 Å². The topological polar surface area (TPSA) is 54.0 Å². The number of fused-ring (bicyclic) bond motifs is 1. The lowest BCUT2D eigenvalue weighted by molar-refractivity contribution is 0.252. The molecule has 0 spiro atoms. The number of hydrogen-bond donors (Lipinski definition) is 2. The summed E-state index contributed by atoms with van der Waals surface area (Å²) < 4.78 is 1.12. The van der Waals surface area contributed by atoms with Gasteiger partial charge in [-0.25, -0.2) is 9.78 Å². The van der Waals surface area contributed by atoms with E-state index in [2.05, 4.69) is 34.7 Å². The van der Waals surface area contributed by atoms with Gasteiger partial charge in [0.15, 0.2) is 5.13 Å². The Morgan fingerprint density at radius 2 is 2.32 bits per heavy atom. The Morgan fingerprint density at radius 3 is 3.09 bits per heavy atom. The van der Waals surface area contributed by atoms with Crippen molar-refractivity contribution in [3.63, 3.8) is 0 Å². The first kappa shape index (κ1) is 16.0. The van der Waals surface area contributed by atoms with Crippen LogP contribution in [0, 0.1) is 0 Å². The van der Waals surface area contributed by atoms with Gasteiger partial charge in [0.25, 0.3) is 0 Å². The number of rotatable bonds is 4. The van der Waals surface area contributed by atoms with Crippen molar-refractivity contribution in [1.29, 1.82) is 0 Å². The van der Waals surface area contributed by atoms with Crippen LogP contribution in [0.5, 0.6) is 0 Å². The quantitative estimate of drug-likeness (QED) is 0.877. The predicted molar refractivity (Wildman–Crippen MR) is 99.6 cm³/mol. The summed E-state index contributed by atoms with van der Waals surface area (Å²) in [5, 5.41) is 6.98. The van der Waals surface area contributed by atoms with E-state index >= 15 is 0 Å². The van der Waals surface area contributed by atoms with Gasteiger partial charge < -0.3 is 5.32 Å². The van der Waals surface area contributed by atoms with Crippen LogP contribution < -0.4 is 10.6 Å². The number of anilines is 1. The molecule has 0 aliphatic carbocycles. The molecule has 3 rings (SSSR count). The molecule has 0 bridgehead atoms. The van der Waals surface area contributed by atoms with Crippen molar-refractivity contribution in [2.75, 3.05) is 29.1 Å². The van der Waals surface area contributed by atoms with Crippen LogP contribution in [0.25, 0.3) is 10.2 Å². The van der Waals surface area contributed by atoms with Crippen LogP contribution in [0.15, 0.2) is 18.2 Å². The van der Waals surface area contributed by atoms with Gasteiger partial charge in [0.2, 0.25) is 0 Å². The number of urea groups is 1. The van der Waals surface area contributed by atoms with E-state index in [0.29, 0.717) is 16.9 Å². The van der Waals surface area contributed by atoms with E-state index < -0.39 is 0 Å². The van der Waals surface area contributed by atoms with E-state index in [9.17, 15) is 4.79 Å². The Balaban J connectivity index is 1.56. The largest absolute Gasteiger partial charge is 0.337 e. The van der Waals surface area contributed by atoms with E-state index in [1.165, 1.54) is 28.4 Å². The summed E-state index contributed by atoms with van der Waals surface area (Å²) in [6.07, 6.45) is 1.01. The average molecular weight is 354 g/mol. The lowest BCUT2D eigenvalue weighted by Crippen LogP contribution is -2.36. The average Bonchev–Trinajstić information content (AvgIpc) is 2.95. The summed E-state index contributed by atoms with van der Waals surface area (Å²) in [5.74, 6) is 3.51. The van der Waals surface area contributed by atoms with E-state index in [1.807, 2.05) is 29.6 Å². The monoisotopic (exact) mass is 353 g/mol. The van der Waals surface area contributed by atoms with E-state index in [-0.39, 0.29) is 6.03 Å². The van der Waals surface area contributed by atoms with Gasteiger partial charge in [0, 0.05) is 29.1 Å². The van der Waals surface area contributed by atoms with Crippen LogP contribution in [-0.4, -0.2) is 40.1 Å². The fourth-order valence-electron chi connectivity index (χ4n) is 2.24. The van der Waals surface area contributed by atoms with Crippen molar-refractivity contribution < 1.29 is 4.79 Å². The van der Waals surface area contributed by atoms with Gasteiger partial charge in [-0.15, -0.1) is 0 Å². The molecule has 1 saturated heterocycles. The van der Waals surface area contributed by atoms with Crippen molar-refractivity contribution in [1.82, 2.24) is 10.3 Å². The number of aromatic nitrogens is 1. The molecule has 4 nitrogen and oxygen atoms in total. The van der Waals surface area contributed by atoms with Crippen molar-refractivity contribution in [3.05, 3.63) is 23.8 Å². The lowest BCUT2D eigenvalue weighted by Gasteiger charge is -2.20. The van der Waals surface area contributed by atoms with E-state index in [4.69, 9.17) is 0 Å². The highest BCUT2D eigenvalue weighted by Gasteiger charge is 2.15. The SMILES string of the molecule is CCc1ccc2nc(NC(=O)NC[C@H]3CSCCS3)sc2c1. The van der Waals surface area contributed by atoms with Crippen molar-refractivity contribution in [2.45, 2.75) is 18.6 Å². The summed E-state index contributed by atoms with van der Waals surface area (Å²) >= 11 is 5.43. The Labute approximate surface area is 142 Å². The van der Waals surface area contributed by atoms with Crippen LogP contribution in [-0.2, 0) is 6.42 Å². The molecule has 1 fully saturated rings. The van der Waals surface area contributed by atoms with Crippen LogP contribution in [0.2, 0.25) is 0 Å². The molecule has 2 amide bonds. The fraction of sp³-hybridized carbons (Fsp3) is 0.467. The first-order valence-corrected chi connectivity index (χ1v) is 10.4. The van der Waals surface area contributed by atoms with Crippen LogP contribution in [0.3, 0.4) is 0 Å². The van der Waals surface area contributed by atoms with Crippen LogP contribution in [0.4, 0.5) is 9.93 Å². The lowest BCUT2D eigenvalue weighted by atomic mass is 10.2. The third-order valence-electron chi connectivity index (χ3n) is 3.46. The number of benzene rings is 1. The maximum atomic E-state index is 12.0. The number of carbonyl (C=O) groups is 1. The maximum Gasteiger partial charge on any atom is 0.321 e. The van der Waals surface area contributed by atoms with Gasteiger partial charge in [0.1, 0.15) is 0 Å². The number of nitrogens with zero attached hydrogens (tertiary/aromatic N) is 1. The Hall–Kier alpha value is -0.920. The molecular weight excluding hydrogens is 334 g/mol. The molecular formula is C15H19N3OS3. The summed E-state index contributed by atoms with van der Waals surface area (Å²) in [6, 6.07) is 6.09. The molecule has 1 aromatic carbocycles. The minimum Gasteiger partial charge on any atom is -0.337 e. The molecule has 7 heteroatoms. The van der Waals surface area contributed by atoms with Crippen molar-refractivity contribution in [2.24, 2.45) is 0 Å². The zero-order valence-corrected chi connectivity index (χ0v) is 14.9. The molecule has 2 N–H and O–H groups in total. The summed E-state index contributed by atoms with van der Waals surface area (Å²) in [7, 11) is 0. The normalized spacial score (nSPS) is 18.3. The third kappa shape index (κ3) is 4.08. The minimum absolute atomic E-state index is 0.161. The highest BCUT2D eigenvalue weighted by Crippen LogP contribution is 2.27. The van der Waals surface area contributed by atoms with Gasteiger partial charge >= 0.3 is 6.03 Å². The van der Waals surface area contributed by atoms with E-state index in [1.54, 1.807) is 0 Å². The highest BCUT2D eigenvalue weighted by molar-refractivity contribution is 8.06. The molecule has 0 unspecified atom stereocenters. The Morgan fingerprint density at radius 1 is 1.41 bits per heavy atom. The first-order valence-electron chi connectivity index (χ1n) is 7.38. The van der Waals surface area contributed by atoms with Crippen molar-refractivity contribution >= 4 is 56.2 Å². The fourth-order valence-corrected chi connectivity index (χ4v) is 5.78. The summed E-state index contributed by atoms with van der Waals surface area (Å²) in [5.41, 5.74) is 2.23. The Bertz CT molecular complexity index is 653. The number of thioether (sulfide) groups is 2. The standard InChI is InChI=1S/C15H19N3OS3/c1-2-10-3-4-12-13(7-10)22-15(17-12)18-14(19)16-8-11-9-20-5-6-21-11/h3-4,7,11H,2,5-6,8-9H2,1H3,(H2,16,17,18,19)/t11-/m0/s1. The number of hydrogen-bond acceptors (Lipinski definition) is 5. The first-order chi connectivity index (χ1) is 10.7.